The van der Waals surface area contributed by atoms with Crippen molar-refractivity contribution >= 4 is 66.7 Å². The summed E-state index contributed by atoms with van der Waals surface area (Å²) in [6, 6.07) is 83.7. The zero-order valence-electron chi connectivity index (χ0n) is 30.2. The van der Waals surface area contributed by atoms with Crippen LogP contribution >= 0.6 is 27.3 Å². The molecule has 0 unspecified atom stereocenters. The SMILES string of the molecule is [B]P(Cc1ccc(CP(Br)(c2ccccc2)(c2ccccc2)c2ccccc2)c(-c2ccccc2)c1)(c1ccccc1)(c1ccccc1)c1ccccc1. The zero-order valence-corrected chi connectivity index (χ0v) is 33.6. The van der Waals surface area contributed by atoms with E-state index in [1.165, 1.54) is 54.1 Å². The van der Waals surface area contributed by atoms with Gasteiger partial charge in [-0.15, -0.1) is 0 Å². The van der Waals surface area contributed by atoms with Crippen LogP contribution in [0.2, 0.25) is 0 Å². The third kappa shape index (κ3) is 6.12. The Bertz CT molecular complexity index is 2260. The molecule has 0 aliphatic rings. The van der Waals surface area contributed by atoms with E-state index < -0.39 is 11.8 Å². The van der Waals surface area contributed by atoms with Gasteiger partial charge in [0.1, 0.15) is 0 Å². The molecule has 2 radical (unpaired) electrons. The third-order valence-electron chi connectivity index (χ3n) is 11.2. The fourth-order valence-corrected chi connectivity index (χ4v) is 21.0. The van der Waals surface area contributed by atoms with E-state index in [1.54, 1.807) is 0 Å². The summed E-state index contributed by atoms with van der Waals surface area (Å²) in [4.78, 5) is 0. The number of halogens is 1. The molecule has 0 bridgehead atoms. The van der Waals surface area contributed by atoms with Gasteiger partial charge in [0, 0.05) is 0 Å². The molecule has 8 aromatic rings. The molecule has 262 valence electrons. The molecule has 0 atom stereocenters. The minimum absolute atomic E-state index is 0.678. The molecule has 0 aliphatic carbocycles. The van der Waals surface area contributed by atoms with E-state index in [2.05, 4.69) is 231 Å². The van der Waals surface area contributed by atoms with Crippen molar-refractivity contribution in [1.29, 1.82) is 0 Å². The Labute approximate surface area is 329 Å². The van der Waals surface area contributed by atoms with Crippen molar-refractivity contribution in [2.45, 2.75) is 12.3 Å². The standard InChI is InChI=1S/C50H42BBrP2/c51-53(44-24-10-2-11-25-44,45-26-12-3-13-27-45,46-28-14-4-15-29-46)39-41-36-37-43(50(38-41)42-22-8-1-9-23-42)40-54(52,47-30-16-5-17-31-47,48-32-18-6-19-33-48)49-34-20-7-21-35-49/h1-38H,39-40H2. The first-order valence-corrected chi connectivity index (χ1v) is 25.4. The van der Waals surface area contributed by atoms with Crippen molar-refractivity contribution in [1.82, 2.24) is 0 Å². The molecule has 0 saturated heterocycles. The molecule has 0 fully saturated rings. The Kier molecular flexibility index (Phi) is 9.89. The molecule has 8 aromatic carbocycles. The van der Waals surface area contributed by atoms with Crippen LogP contribution < -0.4 is 31.8 Å². The van der Waals surface area contributed by atoms with Crippen LogP contribution in [0.25, 0.3) is 11.1 Å². The van der Waals surface area contributed by atoms with Crippen molar-refractivity contribution in [2.24, 2.45) is 0 Å². The Hall–Kier alpha value is -4.84. The molecule has 4 heteroatoms. The van der Waals surface area contributed by atoms with Gasteiger partial charge in [-0.25, -0.2) is 0 Å². The van der Waals surface area contributed by atoms with Gasteiger partial charge in [-0.3, -0.25) is 0 Å². The summed E-state index contributed by atoms with van der Waals surface area (Å²) in [5.74, 6) is 0. The third-order valence-corrected chi connectivity index (χ3v) is 26.1. The molecule has 8 rings (SSSR count). The zero-order chi connectivity index (χ0) is 37.0. The van der Waals surface area contributed by atoms with Crippen molar-refractivity contribution in [3.8, 4) is 11.1 Å². The van der Waals surface area contributed by atoms with Crippen molar-refractivity contribution in [3.63, 3.8) is 0 Å². The molecule has 0 aliphatic heterocycles. The maximum absolute atomic E-state index is 8.33. The predicted octanol–water partition coefficient (Wildman–Crippen LogP) is 10.8. The summed E-state index contributed by atoms with van der Waals surface area (Å²) in [6.45, 7) is -3.56. The van der Waals surface area contributed by atoms with Gasteiger partial charge in [0.05, 0.1) is 0 Å². The maximum atomic E-state index is 8.33. The van der Waals surface area contributed by atoms with E-state index in [-0.39, 0.29) is 0 Å². The first-order valence-electron chi connectivity index (χ1n) is 18.5. The van der Waals surface area contributed by atoms with Gasteiger partial charge >= 0.3 is 332 Å². The number of hydrogen-bond donors (Lipinski definition) is 0. The van der Waals surface area contributed by atoms with Crippen molar-refractivity contribution < 1.29 is 0 Å². The molecule has 0 saturated carbocycles. The van der Waals surface area contributed by atoms with Crippen molar-refractivity contribution in [3.05, 3.63) is 242 Å². The normalized spacial score (nSPS) is 13.2. The summed E-state index contributed by atoms with van der Waals surface area (Å²) in [5, 5.41) is 4.12. The van der Waals surface area contributed by atoms with E-state index in [0.29, 0.717) is 6.16 Å². The second-order valence-electron chi connectivity index (χ2n) is 14.2. The summed E-state index contributed by atoms with van der Waals surface area (Å²) in [6.07, 6.45) is 1.47. The second kappa shape index (κ2) is 14.8. The quantitative estimate of drug-likeness (QED) is 0.0904. The Morgan fingerprint density at radius 2 is 0.667 bits per heavy atom. The molecular formula is C50H42BBrP2. The second-order valence-corrected chi connectivity index (χ2v) is 27.8. The van der Waals surface area contributed by atoms with Crippen LogP contribution in [-0.4, -0.2) is 7.57 Å². The van der Waals surface area contributed by atoms with Crippen LogP contribution in [0.15, 0.2) is 231 Å². The van der Waals surface area contributed by atoms with Gasteiger partial charge in [-0.05, 0) is 0 Å². The monoisotopic (exact) mass is 794 g/mol. The van der Waals surface area contributed by atoms with Crippen LogP contribution in [0.1, 0.15) is 11.1 Å². The Morgan fingerprint density at radius 3 is 1.02 bits per heavy atom. The fourth-order valence-electron chi connectivity index (χ4n) is 8.41. The number of benzene rings is 8. The van der Waals surface area contributed by atoms with E-state index in [9.17, 15) is 0 Å². The van der Waals surface area contributed by atoms with Crippen molar-refractivity contribution in [2.75, 3.05) is 0 Å². The first kappa shape index (κ1) is 36.2. The molecule has 0 nitrogen and oxygen atoms in total. The molecule has 54 heavy (non-hydrogen) atoms. The average molecular weight is 796 g/mol. The average Bonchev–Trinajstić information content (AvgIpc) is 3.26. The van der Waals surface area contributed by atoms with Crippen LogP contribution in [0, 0.1) is 0 Å². The predicted molar refractivity (Wildman–Crippen MR) is 244 cm³/mol. The molecule has 0 aromatic heterocycles. The van der Waals surface area contributed by atoms with Gasteiger partial charge in [0.15, 0.2) is 0 Å². The molecule has 0 spiro atoms. The summed E-state index contributed by atoms with van der Waals surface area (Å²) in [7, 11) is 8.33. The number of hydrogen-bond acceptors (Lipinski definition) is 0. The number of rotatable bonds is 11. The van der Waals surface area contributed by atoms with Crippen LogP contribution in [0.4, 0.5) is 0 Å². The van der Waals surface area contributed by atoms with Crippen LogP contribution in [0.5, 0.6) is 0 Å². The first-order chi connectivity index (χ1) is 26.4. The van der Waals surface area contributed by atoms with Gasteiger partial charge in [0.2, 0.25) is 0 Å². The summed E-state index contributed by atoms with van der Waals surface area (Å²) >= 11 is 4.75. The Morgan fingerprint density at radius 1 is 0.352 bits per heavy atom. The summed E-state index contributed by atoms with van der Waals surface area (Å²) in [5.41, 5.74) is 4.91. The Balaban J connectivity index is 1.39. The molecule has 0 heterocycles. The molecule has 0 amide bonds. The van der Waals surface area contributed by atoms with Gasteiger partial charge in [-0.2, -0.15) is 0 Å². The summed E-state index contributed by atoms with van der Waals surface area (Å²) < 4.78 is 0. The van der Waals surface area contributed by atoms with Crippen LogP contribution in [-0.2, 0) is 12.3 Å². The minimum atomic E-state index is -3.56. The molecule has 0 N–H and O–H groups in total. The van der Waals surface area contributed by atoms with Gasteiger partial charge in [-0.1, -0.05) is 0 Å². The topological polar surface area (TPSA) is 0 Å². The van der Waals surface area contributed by atoms with Gasteiger partial charge in [0.25, 0.3) is 0 Å². The fraction of sp³-hybridized carbons (Fsp3) is 0.0400. The van der Waals surface area contributed by atoms with Gasteiger partial charge < -0.3 is 0 Å². The molecular weight excluding hydrogens is 753 g/mol. The van der Waals surface area contributed by atoms with Crippen LogP contribution in [0.3, 0.4) is 0 Å². The van der Waals surface area contributed by atoms with E-state index in [1.807, 2.05) is 0 Å². The van der Waals surface area contributed by atoms with E-state index in [0.717, 1.165) is 6.16 Å². The van der Waals surface area contributed by atoms with E-state index >= 15 is 0 Å². The van der Waals surface area contributed by atoms with E-state index in [4.69, 9.17) is 23.1 Å².